The lowest BCUT2D eigenvalue weighted by Gasteiger charge is -2.01. The third-order valence-electron chi connectivity index (χ3n) is 2.22. The minimum atomic E-state index is 0.232. The Labute approximate surface area is 96.3 Å². The minimum Gasteiger partial charge on any atom is -0.507 e. The molecule has 0 aliphatic rings. The van der Waals surface area contributed by atoms with Gasteiger partial charge in [-0.15, -0.1) is 0 Å². The maximum atomic E-state index is 9.69. The highest BCUT2D eigenvalue weighted by atomic mass is 79.9. The second-order valence-electron chi connectivity index (χ2n) is 3.27. The summed E-state index contributed by atoms with van der Waals surface area (Å²) in [6.45, 7) is 2.05. The van der Waals surface area contributed by atoms with E-state index in [9.17, 15) is 5.11 Å². The molecule has 15 heavy (non-hydrogen) atoms. The fraction of sp³-hybridized carbons (Fsp3) is 0.182. The maximum absolute atomic E-state index is 9.69. The average molecular weight is 267 g/mol. The van der Waals surface area contributed by atoms with Crippen molar-refractivity contribution in [3.05, 3.63) is 34.6 Å². The van der Waals surface area contributed by atoms with Crippen LogP contribution in [0.4, 0.5) is 0 Å². The van der Waals surface area contributed by atoms with E-state index in [1.54, 1.807) is 18.3 Å². The van der Waals surface area contributed by atoms with Crippen LogP contribution in [0.25, 0.3) is 11.4 Å². The Morgan fingerprint density at radius 1 is 1.47 bits per heavy atom. The van der Waals surface area contributed by atoms with Gasteiger partial charge in [-0.3, -0.25) is 0 Å². The number of hydrogen-bond acceptors (Lipinski definition) is 2. The molecule has 0 saturated heterocycles. The fourth-order valence-electron chi connectivity index (χ4n) is 1.37. The molecule has 1 aromatic heterocycles. The van der Waals surface area contributed by atoms with Crippen LogP contribution in [-0.2, 0) is 6.42 Å². The van der Waals surface area contributed by atoms with Crippen LogP contribution in [-0.4, -0.2) is 15.1 Å². The van der Waals surface area contributed by atoms with E-state index in [4.69, 9.17) is 0 Å². The molecule has 4 heteroatoms. The van der Waals surface area contributed by atoms with Gasteiger partial charge >= 0.3 is 0 Å². The Hall–Kier alpha value is -1.29. The van der Waals surface area contributed by atoms with Crippen LogP contribution in [0.2, 0.25) is 0 Å². The zero-order valence-corrected chi connectivity index (χ0v) is 9.87. The van der Waals surface area contributed by atoms with E-state index in [2.05, 4.69) is 32.8 Å². The van der Waals surface area contributed by atoms with E-state index in [1.165, 1.54) is 0 Å². The Balaban J connectivity index is 2.48. The first-order valence-electron chi connectivity index (χ1n) is 4.73. The van der Waals surface area contributed by atoms with Crippen molar-refractivity contribution in [2.24, 2.45) is 0 Å². The second-order valence-corrected chi connectivity index (χ2v) is 4.19. The number of halogens is 1. The van der Waals surface area contributed by atoms with E-state index in [0.29, 0.717) is 11.4 Å². The molecule has 2 rings (SSSR count). The number of aromatic hydroxyl groups is 1. The van der Waals surface area contributed by atoms with E-state index < -0.39 is 0 Å². The molecule has 78 valence electrons. The summed E-state index contributed by atoms with van der Waals surface area (Å²) in [4.78, 5) is 7.38. The maximum Gasteiger partial charge on any atom is 0.141 e. The number of nitrogens with zero attached hydrogens (tertiary/aromatic N) is 1. The summed E-state index contributed by atoms with van der Waals surface area (Å²) < 4.78 is 0.921. The number of aryl methyl sites for hydroxylation is 1. The Morgan fingerprint density at radius 2 is 2.27 bits per heavy atom. The highest BCUT2D eigenvalue weighted by molar-refractivity contribution is 9.10. The summed E-state index contributed by atoms with van der Waals surface area (Å²) in [5.41, 5.74) is 1.77. The lowest BCUT2D eigenvalue weighted by atomic mass is 10.2. The van der Waals surface area contributed by atoms with Gasteiger partial charge in [0.15, 0.2) is 0 Å². The van der Waals surface area contributed by atoms with Gasteiger partial charge in [-0.05, 0) is 24.6 Å². The van der Waals surface area contributed by atoms with Crippen LogP contribution in [0.1, 0.15) is 12.6 Å². The molecule has 0 amide bonds. The lowest BCUT2D eigenvalue weighted by Crippen LogP contribution is -1.83. The number of nitrogens with one attached hydrogen (secondary N) is 1. The first-order valence-corrected chi connectivity index (χ1v) is 5.52. The van der Waals surface area contributed by atoms with Crippen molar-refractivity contribution in [1.82, 2.24) is 9.97 Å². The zero-order chi connectivity index (χ0) is 10.8. The van der Waals surface area contributed by atoms with E-state index in [0.717, 1.165) is 16.6 Å². The molecule has 0 aliphatic carbocycles. The summed E-state index contributed by atoms with van der Waals surface area (Å²) >= 11 is 3.36. The van der Waals surface area contributed by atoms with Gasteiger partial charge in [0, 0.05) is 16.4 Å². The third-order valence-corrected chi connectivity index (χ3v) is 2.72. The van der Waals surface area contributed by atoms with Crippen LogP contribution < -0.4 is 0 Å². The number of benzene rings is 1. The van der Waals surface area contributed by atoms with Gasteiger partial charge in [-0.25, -0.2) is 4.98 Å². The second kappa shape index (κ2) is 4.06. The van der Waals surface area contributed by atoms with Gasteiger partial charge in [-0.1, -0.05) is 22.9 Å². The SMILES string of the molecule is CCc1cnc(-c2cc(Br)ccc2O)[nH]1. The summed E-state index contributed by atoms with van der Waals surface area (Å²) in [6, 6.07) is 5.28. The van der Waals surface area contributed by atoms with Gasteiger partial charge in [-0.2, -0.15) is 0 Å². The molecular weight excluding hydrogens is 256 g/mol. The standard InChI is InChI=1S/C11H11BrN2O/c1-2-8-6-13-11(14-8)9-5-7(12)3-4-10(9)15/h3-6,15H,2H2,1H3,(H,13,14). The summed E-state index contributed by atoms with van der Waals surface area (Å²) in [5, 5.41) is 9.69. The number of hydrogen-bond donors (Lipinski definition) is 2. The Kier molecular flexibility index (Phi) is 2.77. The summed E-state index contributed by atoms with van der Waals surface area (Å²) in [6.07, 6.45) is 2.69. The van der Waals surface area contributed by atoms with Crippen LogP contribution in [0, 0.1) is 0 Å². The van der Waals surface area contributed by atoms with Crippen molar-refractivity contribution in [2.45, 2.75) is 13.3 Å². The molecule has 1 heterocycles. The smallest absolute Gasteiger partial charge is 0.141 e. The van der Waals surface area contributed by atoms with Crippen LogP contribution in [0.5, 0.6) is 5.75 Å². The highest BCUT2D eigenvalue weighted by Crippen LogP contribution is 2.29. The van der Waals surface area contributed by atoms with Gasteiger partial charge < -0.3 is 10.1 Å². The van der Waals surface area contributed by atoms with Crippen LogP contribution in [0.3, 0.4) is 0 Å². The lowest BCUT2D eigenvalue weighted by molar-refractivity contribution is 0.477. The number of aromatic nitrogens is 2. The zero-order valence-electron chi connectivity index (χ0n) is 8.29. The predicted molar refractivity (Wildman–Crippen MR) is 62.8 cm³/mol. The highest BCUT2D eigenvalue weighted by Gasteiger charge is 2.08. The Bertz CT molecular complexity index is 479. The third kappa shape index (κ3) is 2.04. The molecule has 0 unspecified atom stereocenters. The molecule has 2 N–H and O–H groups in total. The van der Waals surface area contributed by atoms with Gasteiger partial charge in [0.25, 0.3) is 0 Å². The topological polar surface area (TPSA) is 48.9 Å². The van der Waals surface area contributed by atoms with Crippen LogP contribution in [0.15, 0.2) is 28.9 Å². The number of H-pyrrole nitrogens is 1. The number of phenolic OH excluding ortho intramolecular Hbond substituents is 1. The van der Waals surface area contributed by atoms with Crippen molar-refractivity contribution < 1.29 is 5.11 Å². The molecule has 2 aromatic rings. The molecular formula is C11H11BrN2O. The molecule has 3 nitrogen and oxygen atoms in total. The number of aromatic amines is 1. The van der Waals surface area contributed by atoms with Gasteiger partial charge in [0.2, 0.25) is 0 Å². The number of phenols is 1. The molecule has 0 spiro atoms. The largest absolute Gasteiger partial charge is 0.507 e. The average Bonchev–Trinajstić information content (AvgIpc) is 2.70. The molecule has 0 aliphatic heterocycles. The fourth-order valence-corrected chi connectivity index (χ4v) is 1.73. The molecule has 0 radical (unpaired) electrons. The first kappa shape index (κ1) is 10.2. The van der Waals surface area contributed by atoms with Gasteiger partial charge in [0.1, 0.15) is 11.6 Å². The quantitative estimate of drug-likeness (QED) is 0.878. The molecule has 0 saturated carbocycles. The Morgan fingerprint density at radius 3 is 2.93 bits per heavy atom. The summed E-state index contributed by atoms with van der Waals surface area (Å²) in [5.74, 6) is 0.931. The first-order chi connectivity index (χ1) is 7.20. The van der Waals surface area contributed by atoms with Crippen molar-refractivity contribution >= 4 is 15.9 Å². The van der Waals surface area contributed by atoms with Crippen molar-refractivity contribution in [2.75, 3.05) is 0 Å². The van der Waals surface area contributed by atoms with Gasteiger partial charge in [0.05, 0.1) is 5.56 Å². The van der Waals surface area contributed by atoms with Crippen LogP contribution >= 0.6 is 15.9 Å². The molecule has 0 fully saturated rings. The minimum absolute atomic E-state index is 0.232. The van der Waals surface area contributed by atoms with E-state index >= 15 is 0 Å². The van der Waals surface area contributed by atoms with Crippen molar-refractivity contribution in [3.63, 3.8) is 0 Å². The van der Waals surface area contributed by atoms with E-state index in [1.807, 2.05) is 6.07 Å². The van der Waals surface area contributed by atoms with Crippen molar-refractivity contribution in [1.29, 1.82) is 0 Å². The monoisotopic (exact) mass is 266 g/mol. The molecule has 0 bridgehead atoms. The summed E-state index contributed by atoms with van der Waals surface area (Å²) in [7, 11) is 0. The van der Waals surface area contributed by atoms with E-state index in [-0.39, 0.29) is 5.75 Å². The van der Waals surface area contributed by atoms with Crippen molar-refractivity contribution in [3.8, 4) is 17.1 Å². The number of rotatable bonds is 2. The normalized spacial score (nSPS) is 10.5. The molecule has 1 aromatic carbocycles. The molecule has 0 atom stereocenters. The number of imidazole rings is 1. The predicted octanol–water partition coefficient (Wildman–Crippen LogP) is 3.11.